The van der Waals surface area contributed by atoms with Gasteiger partial charge in [0.1, 0.15) is 12.6 Å². The van der Waals surface area contributed by atoms with Crippen molar-refractivity contribution in [1.29, 1.82) is 0 Å². The summed E-state index contributed by atoms with van der Waals surface area (Å²) in [6, 6.07) is -0.723. The van der Waals surface area contributed by atoms with E-state index in [0.29, 0.717) is 12.8 Å². The summed E-state index contributed by atoms with van der Waals surface area (Å²) in [7, 11) is 5.43. The molecule has 64 heavy (non-hydrogen) atoms. The van der Waals surface area contributed by atoms with E-state index in [1.54, 1.807) is 0 Å². The maximum Gasteiger partial charge on any atom is 0.306 e. The summed E-state index contributed by atoms with van der Waals surface area (Å²) >= 11 is 0. The molecule has 8 nitrogen and oxygen atoms in total. The number of quaternary nitrogens is 1. The summed E-state index contributed by atoms with van der Waals surface area (Å²) < 4.78 is 17.3. The fraction of sp³-hybridized carbons (Fsp3) is 0.911. The fourth-order valence-corrected chi connectivity index (χ4v) is 8.60. The van der Waals surface area contributed by atoms with Gasteiger partial charge in [0.05, 0.1) is 40.3 Å². The average Bonchev–Trinajstić information content (AvgIpc) is 3.26. The van der Waals surface area contributed by atoms with E-state index in [1.807, 2.05) is 21.1 Å². The normalized spacial score (nSPS) is 12.8. The van der Waals surface area contributed by atoms with Crippen LogP contribution in [0.5, 0.6) is 0 Å². The molecule has 0 saturated carbocycles. The third-order valence-electron chi connectivity index (χ3n) is 12.9. The van der Waals surface area contributed by atoms with Crippen LogP contribution in [-0.2, 0) is 28.6 Å². The molecule has 0 radical (unpaired) electrons. The van der Waals surface area contributed by atoms with Crippen molar-refractivity contribution >= 4 is 17.9 Å². The third kappa shape index (κ3) is 45.2. The number of hydrogen-bond acceptors (Lipinski definition) is 7. The van der Waals surface area contributed by atoms with Gasteiger partial charge in [0.15, 0.2) is 6.10 Å². The van der Waals surface area contributed by atoms with Crippen molar-refractivity contribution in [3.05, 3.63) is 12.2 Å². The quantitative estimate of drug-likeness (QED) is 0.0259. The van der Waals surface area contributed by atoms with Gasteiger partial charge in [-0.05, 0) is 38.5 Å². The number of carbonyl (C=O) groups is 3. The summed E-state index contributed by atoms with van der Waals surface area (Å²) in [5, 5.41) is 11.7. The number of carboxylic acid groups (broad SMARTS) is 1. The second-order valence-corrected chi connectivity index (χ2v) is 20.2. The van der Waals surface area contributed by atoms with Crippen LogP contribution in [0.25, 0.3) is 0 Å². The van der Waals surface area contributed by atoms with Gasteiger partial charge in [0.2, 0.25) is 0 Å². The van der Waals surface area contributed by atoms with Gasteiger partial charge >= 0.3 is 11.9 Å². The molecule has 2 unspecified atom stereocenters. The van der Waals surface area contributed by atoms with Crippen LogP contribution in [0.3, 0.4) is 0 Å². The fourth-order valence-electron chi connectivity index (χ4n) is 8.60. The number of nitrogens with zero attached hydrogens (tertiary/aromatic N) is 1. The Hall–Kier alpha value is -1.93. The molecule has 0 N–H and O–H groups in total. The first-order valence-electron chi connectivity index (χ1n) is 27.7. The number of hydrogen-bond donors (Lipinski definition) is 0. The van der Waals surface area contributed by atoms with Crippen molar-refractivity contribution in [3.63, 3.8) is 0 Å². The zero-order chi connectivity index (χ0) is 47.0. The van der Waals surface area contributed by atoms with Crippen LogP contribution in [-0.4, -0.2) is 75.5 Å². The zero-order valence-electron chi connectivity index (χ0n) is 43.2. The molecule has 0 aromatic heterocycles. The molecule has 0 aromatic carbocycles. The Labute approximate surface area is 397 Å². The number of aliphatic carboxylic acids is 1. The maximum absolute atomic E-state index is 12.8. The number of likely N-dealkylation sites (N-methyl/N-ethyl adjacent to an activating group) is 1. The van der Waals surface area contributed by atoms with Crippen LogP contribution >= 0.6 is 0 Å². The minimum Gasteiger partial charge on any atom is -0.544 e. The van der Waals surface area contributed by atoms with Crippen LogP contribution in [0.2, 0.25) is 0 Å². The van der Waals surface area contributed by atoms with Crippen LogP contribution < -0.4 is 5.11 Å². The molecule has 8 heteroatoms. The van der Waals surface area contributed by atoms with E-state index >= 15 is 0 Å². The van der Waals surface area contributed by atoms with Gasteiger partial charge in [-0.2, -0.15) is 0 Å². The highest BCUT2D eigenvalue weighted by Crippen LogP contribution is 2.17. The van der Waals surface area contributed by atoms with Gasteiger partial charge in [-0.3, -0.25) is 9.59 Å². The first-order chi connectivity index (χ1) is 31.1. The highest BCUT2D eigenvalue weighted by molar-refractivity contribution is 5.70. The molecule has 0 amide bonds. The van der Waals surface area contributed by atoms with E-state index in [9.17, 15) is 19.5 Å². The molecule has 0 spiro atoms. The van der Waals surface area contributed by atoms with E-state index in [4.69, 9.17) is 14.2 Å². The lowest BCUT2D eigenvalue weighted by molar-refractivity contribution is -0.889. The first kappa shape index (κ1) is 62.1. The minimum absolute atomic E-state index is 0.0464. The number of allylic oxidation sites excluding steroid dienone is 2. The monoisotopic (exact) mass is 906 g/mol. The van der Waals surface area contributed by atoms with Crippen LogP contribution in [0.4, 0.5) is 0 Å². The molecule has 0 aliphatic carbocycles. The SMILES string of the molecule is CCCCCCCCCC/C=C\CCCCCCCCCCCC(=O)OC(COCCC(C(=O)[O-])[N+](C)(C)C)COC(=O)CCCCCCCCCCCCCCCCCCCCC. The molecular formula is C56H107NO7. The van der Waals surface area contributed by atoms with Crippen molar-refractivity contribution in [3.8, 4) is 0 Å². The number of carbonyl (C=O) groups excluding carboxylic acids is 3. The number of carboxylic acids is 1. The summed E-state index contributed by atoms with van der Waals surface area (Å²) in [5.74, 6) is -1.71. The van der Waals surface area contributed by atoms with E-state index in [0.717, 1.165) is 38.5 Å². The Balaban J connectivity index is 4.16. The Bertz CT molecular complexity index is 1060. The minimum atomic E-state index is -1.12. The highest BCUT2D eigenvalue weighted by atomic mass is 16.6. The van der Waals surface area contributed by atoms with E-state index in [-0.39, 0.29) is 42.7 Å². The molecule has 0 heterocycles. The Morgan fingerprint density at radius 1 is 0.453 bits per heavy atom. The van der Waals surface area contributed by atoms with Crippen molar-refractivity contribution < 1.29 is 38.2 Å². The topological polar surface area (TPSA) is 102 Å². The van der Waals surface area contributed by atoms with Crippen LogP contribution in [0.1, 0.15) is 277 Å². The lowest BCUT2D eigenvalue weighted by Gasteiger charge is -2.34. The van der Waals surface area contributed by atoms with Gasteiger partial charge in [-0.25, -0.2) is 0 Å². The largest absolute Gasteiger partial charge is 0.544 e. The van der Waals surface area contributed by atoms with Gasteiger partial charge in [-0.1, -0.05) is 231 Å². The Morgan fingerprint density at radius 3 is 1.12 bits per heavy atom. The second kappa shape index (κ2) is 47.6. The highest BCUT2D eigenvalue weighted by Gasteiger charge is 2.25. The molecule has 0 rings (SSSR count). The Kier molecular flexibility index (Phi) is 46.1. The van der Waals surface area contributed by atoms with Crippen LogP contribution in [0, 0.1) is 0 Å². The lowest BCUT2D eigenvalue weighted by atomic mass is 10.0. The van der Waals surface area contributed by atoms with Crippen molar-refractivity contribution in [2.45, 2.75) is 289 Å². The number of rotatable bonds is 51. The lowest BCUT2D eigenvalue weighted by Crippen LogP contribution is -2.55. The van der Waals surface area contributed by atoms with Crippen LogP contribution in [0.15, 0.2) is 12.2 Å². The van der Waals surface area contributed by atoms with E-state index in [1.165, 1.54) is 205 Å². The number of ether oxygens (including phenoxy) is 3. The predicted molar refractivity (Wildman–Crippen MR) is 268 cm³/mol. The maximum atomic E-state index is 12.8. The van der Waals surface area contributed by atoms with E-state index in [2.05, 4.69) is 26.0 Å². The van der Waals surface area contributed by atoms with Gasteiger partial charge in [0.25, 0.3) is 0 Å². The number of unbranched alkanes of at least 4 members (excludes halogenated alkanes) is 35. The molecule has 0 bridgehead atoms. The Morgan fingerprint density at radius 2 is 0.781 bits per heavy atom. The average molecular weight is 906 g/mol. The van der Waals surface area contributed by atoms with Crippen molar-refractivity contribution in [1.82, 2.24) is 0 Å². The molecule has 0 saturated heterocycles. The van der Waals surface area contributed by atoms with Gasteiger partial charge in [0, 0.05) is 19.3 Å². The van der Waals surface area contributed by atoms with Gasteiger partial charge in [-0.15, -0.1) is 0 Å². The van der Waals surface area contributed by atoms with Crippen molar-refractivity contribution in [2.24, 2.45) is 0 Å². The van der Waals surface area contributed by atoms with Gasteiger partial charge < -0.3 is 28.6 Å². The van der Waals surface area contributed by atoms with E-state index < -0.39 is 18.1 Å². The first-order valence-corrected chi connectivity index (χ1v) is 27.7. The summed E-state index contributed by atoms with van der Waals surface area (Å²) in [5.41, 5.74) is 0. The molecule has 0 aliphatic rings. The third-order valence-corrected chi connectivity index (χ3v) is 12.9. The summed E-state index contributed by atoms with van der Waals surface area (Å²) in [4.78, 5) is 37.1. The standard InChI is InChI=1S/C56H107NO7/c1-6-8-10-12-14-16-18-20-22-24-26-27-29-31-33-35-37-39-41-43-45-47-55(59)64-52(50-62-49-48-53(56(60)61)57(3,4)5)51-63-54(58)46-44-42-40-38-36-34-32-30-28-25-23-21-19-17-15-13-11-9-7-2/h24,26,52-53H,6-23,25,27-51H2,1-5H3/b26-24-. The molecule has 378 valence electrons. The zero-order valence-corrected chi connectivity index (χ0v) is 43.2. The number of esters is 2. The molecular weight excluding hydrogens is 799 g/mol. The summed E-state index contributed by atoms with van der Waals surface area (Å²) in [6.07, 6.45) is 53.9. The molecule has 0 fully saturated rings. The van der Waals surface area contributed by atoms with Crippen molar-refractivity contribution in [2.75, 3.05) is 41.0 Å². The molecule has 0 aliphatic heterocycles. The molecule has 0 aromatic rings. The second-order valence-electron chi connectivity index (χ2n) is 20.2. The summed E-state index contributed by atoms with van der Waals surface area (Å²) in [6.45, 7) is 4.72. The smallest absolute Gasteiger partial charge is 0.306 e. The molecule has 2 atom stereocenters. The predicted octanol–water partition coefficient (Wildman–Crippen LogP) is 14.9.